The van der Waals surface area contributed by atoms with Gasteiger partial charge in [-0.15, -0.1) is 0 Å². The average molecular weight is 304 g/mol. The van der Waals surface area contributed by atoms with Gasteiger partial charge >= 0.3 is 5.97 Å². The topological polar surface area (TPSA) is 49.8 Å². The molecule has 104 valence electrons. The van der Waals surface area contributed by atoms with Gasteiger partial charge < -0.3 is 9.84 Å². The van der Waals surface area contributed by atoms with Crippen LogP contribution in [0.5, 0.6) is 5.75 Å². The van der Waals surface area contributed by atoms with Crippen molar-refractivity contribution in [3.8, 4) is 5.75 Å². The van der Waals surface area contributed by atoms with Gasteiger partial charge in [-0.25, -0.2) is 0 Å². The third-order valence-electron chi connectivity index (χ3n) is 3.18. The molecule has 0 spiro atoms. The summed E-state index contributed by atoms with van der Waals surface area (Å²) in [5.41, 5.74) is 0. The molecule has 1 fully saturated rings. The maximum atomic E-state index is 11.0. The third-order valence-corrected chi connectivity index (χ3v) is 3.73. The van der Waals surface area contributed by atoms with Crippen LogP contribution in [0.1, 0.15) is 12.8 Å². The van der Waals surface area contributed by atoms with E-state index in [1.807, 2.05) is 4.90 Å². The van der Waals surface area contributed by atoms with Gasteiger partial charge in [0.2, 0.25) is 0 Å². The zero-order valence-corrected chi connectivity index (χ0v) is 11.8. The largest absolute Gasteiger partial charge is 0.491 e. The second-order valence-electron chi connectivity index (χ2n) is 4.46. The van der Waals surface area contributed by atoms with Gasteiger partial charge in [-0.1, -0.05) is 23.2 Å². The minimum atomic E-state index is -0.765. The van der Waals surface area contributed by atoms with Crippen LogP contribution in [-0.4, -0.2) is 41.7 Å². The first-order valence-corrected chi connectivity index (χ1v) is 6.88. The minimum Gasteiger partial charge on any atom is -0.491 e. The van der Waals surface area contributed by atoms with Crippen LogP contribution in [-0.2, 0) is 4.79 Å². The quantitative estimate of drug-likeness (QED) is 0.908. The molecule has 1 aliphatic rings. The van der Waals surface area contributed by atoms with E-state index in [-0.39, 0.29) is 0 Å². The van der Waals surface area contributed by atoms with Crippen LogP contribution >= 0.6 is 23.2 Å². The van der Waals surface area contributed by atoms with Crippen LogP contribution in [0.4, 0.5) is 0 Å². The van der Waals surface area contributed by atoms with Crippen LogP contribution in [0.2, 0.25) is 10.0 Å². The first-order valence-electron chi connectivity index (χ1n) is 6.12. The van der Waals surface area contributed by atoms with Gasteiger partial charge in [-0.3, -0.25) is 9.69 Å². The average Bonchev–Trinajstić information content (AvgIpc) is 2.82. The molecular formula is C13H15Cl2NO3. The van der Waals surface area contributed by atoms with E-state index in [1.165, 1.54) is 0 Å². The summed E-state index contributed by atoms with van der Waals surface area (Å²) in [6.45, 7) is 1.76. The van der Waals surface area contributed by atoms with Crippen LogP contribution in [0.25, 0.3) is 0 Å². The Bertz CT molecular complexity index is 467. The molecule has 0 amide bonds. The van der Waals surface area contributed by atoms with E-state index >= 15 is 0 Å². The van der Waals surface area contributed by atoms with Gasteiger partial charge in [0.1, 0.15) is 18.4 Å². The summed E-state index contributed by atoms with van der Waals surface area (Å²) in [6, 6.07) is 4.63. The predicted octanol–water partition coefficient (Wildman–Crippen LogP) is 2.92. The van der Waals surface area contributed by atoms with Crippen LogP contribution in [0, 0.1) is 0 Å². The zero-order chi connectivity index (χ0) is 13.8. The molecule has 1 saturated heterocycles. The number of aliphatic carboxylic acids is 1. The lowest BCUT2D eigenvalue weighted by molar-refractivity contribution is -0.142. The Hall–Kier alpha value is -0.970. The van der Waals surface area contributed by atoms with Crippen LogP contribution < -0.4 is 4.74 Å². The minimum absolute atomic E-state index is 0.390. The smallest absolute Gasteiger partial charge is 0.320 e. The molecule has 19 heavy (non-hydrogen) atoms. The molecule has 0 saturated carbocycles. The molecule has 0 aromatic heterocycles. The van der Waals surface area contributed by atoms with E-state index in [9.17, 15) is 4.79 Å². The van der Waals surface area contributed by atoms with Crippen molar-refractivity contribution in [2.24, 2.45) is 0 Å². The highest BCUT2D eigenvalue weighted by atomic mass is 35.5. The van der Waals surface area contributed by atoms with E-state index < -0.39 is 12.0 Å². The summed E-state index contributed by atoms with van der Waals surface area (Å²) < 4.78 is 5.56. The van der Waals surface area contributed by atoms with E-state index in [1.54, 1.807) is 18.2 Å². The lowest BCUT2D eigenvalue weighted by atomic mass is 10.2. The van der Waals surface area contributed by atoms with Gasteiger partial charge in [0.15, 0.2) is 0 Å². The van der Waals surface area contributed by atoms with Crippen molar-refractivity contribution in [1.82, 2.24) is 4.90 Å². The molecule has 0 radical (unpaired) electrons. The molecule has 1 atom stereocenters. The number of rotatable bonds is 5. The van der Waals surface area contributed by atoms with Gasteiger partial charge in [0.25, 0.3) is 0 Å². The highest BCUT2D eigenvalue weighted by Gasteiger charge is 2.29. The van der Waals surface area contributed by atoms with Crippen LogP contribution in [0.15, 0.2) is 18.2 Å². The molecule has 1 N–H and O–H groups in total. The molecule has 0 unspecified atom stereocenters. The van der Waals surface area contributed by atoms with E-state index in [0.29, 0.717) is 35.4 Å². The molecule has 1 aromatic rings. The fourth-order valence-electron chi connectivity index (χ4n) is 2.23. The van der Waals surface area contributed by atoms with Gasteiger partial charge in [0.05, 0.1) is 5.02 Å². The molecule has 0 bridgehead atoms. The lowest BCUT2D eigenvalue weighted by Gasteiger charge is -2.21. The Kier molecular flexibility index (Phi) is 4.91. The molecule has 1 heterocycles. The van der Waals surface area contributed by atoms with Crippen molar-refractivity contribution in [1.29, 1.82) is 0 Å². The summed E-state index contributed by atoms with van der Waals surface area (Å²) in [4.78, 5) is 12.9. The monoisotopic (exact) mass is 303 g/mol. The Morgan fingerprint density at radius 3 is 3.00 bits per heavy atom. The normalized spacial score (nSPS) is 19.6. The molecule has 6 heteroatoms. The lowest BCUT2D eigenvalue weighted by Crippen LogP contribution is -2.38. The fourth-order valence-corrected chi connectivity index (χ4v) is 2.57. The summed E-state index contributed by atoms with van der Waals surface area (Å²) in [5, 5.41) is 10.1. The molecule has 0 aliphatic carbocycles. The van der Waals surface area contributed by atoms with Gasteiger partial charge in [-0.05, 0) is 31.5 Å². The Balaban J connectivity index is 1.86. The SMILES string of the molecule is O=C(O)[C@@H]1CCCN1CCOc1cc(Cl)ccc1Cl. The van der Waals surface area contributed by atoms with E-state index in [0.717, 1.165) is 13.0 Å². The number of halogens is 2. The number of carboxylic acid groups (broad SMARTS) is 1. The van der Waals surface area contributed by atoms with Crippen molar-refractivity contribution in [2.45, 2.75) is 18.9 Å². The molecule has 1 aromatic carbocycles. The summed E-state index contributed by atoms with van der Waals surface area (Å²) in [6.07, 6.45) is 1.61. The number of carboxylic acids is 1. The van der Waals surface area contributed by atoms with Crippen molar-refractivity contribution < 1.29 is 14.6 Å². The highest BCUT2D eigenvalue weighted by Crippen LogP contribution is 2.27. The van der Waals surface area contributed by atoms with Crippen LogP contribution in [0.3, 0.4) is 0 Å². The number of ether oxygens (including phenoxy) is 1. The van der Waals surface area contributed by atoms with Crippen molar-refractivity contribution in [3.05, 3.63) is 28.2 Å². The second-order valence-corrected chi connectivity index (χ2v) is 5.30. The summed E-state index contributed by atoms with van der Waals surface area (Å²) in [5.74, 6) is -0.237. The fraction of sp³-hybridized carbons (Fsp3) is 0.462. The summed E-state index contributed by atoms with van der Waals surface area (Å²) >= 11 is 11.8. The molecule has 2 rings (SSSR count). The Morgan fingerprint density at radius 1 is 1.47 bits per heavy atom. The van der Waals surface area contributed by atoms with Gasteiger partial charge in [0, 0.05) is 17.6 Å². The molecular weight excluding hydrogens is 289 g/mol. The number of carbonyl (C=O) groups is 1. The molecule has 4 nitrogen and oxygen atoms in total. The predicted molar refractivity (Wildman–Crippen MR) is 74.2 cm³/mol. The van der Waals surface area contributed by atoms with Crippen molar-refractivity contribution >= 4 is 29.2 Å². The van der Waals surface area contributed by atoms with Crippen molar-refractivity contribution in [2.75, 3.05) is 19.7 Å². The molecule has 1 aliphatic heterocycles. The number of likely N-dealkylation sites (tertiary alicyclic amines) is 1. The highest BCUT2D eigenvalue weighted by molar-refractivity contribution is 6.34. The number of benzene rings is 1. The third kappa shape index (κ3) is 3.75. The van der Waals surface area contributed by atoms with Crippen molar-refractivity contribution in [3.63, 3.8) is 0 Å². The number of hydrogen-bond acceptors (Lipinski definition) is 3. The first-order chi connectivity index (χ1) is 9.08. The van der Waals surface area contributed by atoms with E-state index in [4.69, 9.17) is 33.0 Å². The standard InChI is InChI=1S/C13H15Cl2NO3/c14-9-3-4-10(15)12(8-9)19-7-6-16-5-1-2-11(16)13(17)18/h3-4,8,11H,1-2,5-7H2,(H,17,18)/t11-/m0/s1. The first kappa shape index (κ1) is 14.4. The van der Waals surface area contributed by atoms with E-state index in [2.05, 4.69) is 0 Å². The summed E-state index contributed by atoms with van der Waals surface area (Å²) in [7, 11) is 0. The zero-order valence-electron chi connectivity index (χ0n) is 10.3. The maximum absolute atomic E-state index is 11.0. The maximum Gasteiger partial charge on any atom is 0.320 e. The second kappa shape index (κ2) is 6.46. The Labute approximate surface area is 121 Å². The number of hydrogen-bond donors (Lipinski definition) is 1. The number of nitrogens with zero attached hydrogens (tertiary/aromatic N) is 1. The van der Waals surface area contributed by atoms with Gasteiger partial charge in [-0.2, -0.15) is 0 Å². The Morgan fingerprint density at radius 2 is 2.26 bits per heavy atom.